The lowest BCUT2D eigenvalue weighted by Gasteiger charge is -2.34. The predicted octanol–water partition coefficient (Wildman–Crippen LogP) is 3.42. The summed E-state index contributed by atoms with van der Waals surface area (Å²) < 4.78 is 11.5. The topological polar surface area (TPSA) is 58.4 Å². The molecular weight excluding hydrogens is 310 g/mol. The first kappa shape index (κ1) is 15.9. The van der Waals surface area contributed by atoms with E-state index in [0.717, 1.165) is 19.6 Å². The van der Waals surface area contributed by atoms with Crippen LogP contribution in [-0.2, 0) is 11.3 Å². The normalized spacial score (nSPS) is 21.8. The van der Waals surface area contributed by atoms with Gasteiger partial charge in [-0.05, 0) is 38.1 Å². The van der Waals surface area contributed by atoms with Crippen LogP contribution in [-0.4, -0.2) is 35.2 Å². The zero-order valence-corrected chi connectivity index (χ0v) is 14.0. The van der Waals surface area contributed by atoms with Gasteiger partial charge in [-0.25, -0.2) is 4.98 Å². The van der Waals surface area contributed by atoms with Crippen LogP contribution in [0, 0.1) is 11.3 Å². The molecule has 2 unspecified atom stereocenters. The molecule has 1 aliphatic heterocycles. The predicted molar refractivity (Wildman–Crippen MR) is 88.6 cm³/mol. The number of hydrogen-bond acceptors (Lipinski definition) is 6. The van der Waals surface area contributed by atoms with Crippen LogP contribution in [0.5, 0.6) is 10.9 Å². The summed E-state index contributed by atoms with van der Waals surface area (Å²) in [5, 5.41) is 9.42. The minimum Gasteiger partial charge on any atom is -0.431 e. The standard InChI is InChI=1S/C17H19N3O2S/c1-12-9-20(10-13(2)21-12)11-16-8-19-17(23-16)22-15-5-3-14(7-18)4-6-15/h3-6,8,12-13H,9-11H2,1-2H3. The number of benzene rings is 1. The van der Waals surface area contributed by atoms with Crippen LogP contribution in [0.4, 0.5) is 0 Å². The summed E-state index contributed by atoms with van der Waals surface area (Å²) in [6.45, 7) is 6.96. The van der Waals surface area contributed by atoms with Crippen LogP contribution < -0.4 is 4.74 Å². The fraction of sp³-hybridized carbons (Fsp3) is 0.412. The second-order valence-corrected chi connectivity index (χ2v) is 6.86. The second kappa shape index (κ2) is 7.09. The Kier molecular flexibility index (Phi) is 4.91. The van der Waals surface area contributed by atoms with Crippen molar-refractivity contribution in [1.29, 1.82) is 5.26 Å². The molecule has 2 heterocycles. The Morgan fingerprint density at radius 2 is 2.00 bits per heavy atom. The van der Waals surface area contributed by atoms with E-state index in [1.807, 2.05) is 6.20 Å². The quantitative estimate of drug-likeness (QED) is 0.860. The highest BCUT2D eigenvalue weighted by molar-refractivity contribution is 7.13. The number of nitrogens with zero attached hydrogens (tertiary/aromatic N) is 3. The number of nitriles is 1. The van der Waals surface area contributed by atoms with Crippen molar-refractivity contribution in [2.75, 3.05) is 13.1 Å². The van der Waals surface area contributed by atoms with Gasteiger partial charge in [0, 0.05) is 30.7 Å². The van der Waals surface area contributed by atoms with E-state index < -0.39 is 0 Å². The molecule has 1 aromatic carbocycles. The van der Waals surface area contributed by atoms with E-state index in [9.17, 15) is 0 Å². The minimum atomic E-state index is 0.265. The van der Waals surface area contributed by atoms with Crippen LogP contribution in [0.2, 0.25) is 0 Å². The Balaban J connectivity index is 1.60. The molecule has 3 rings (SSSR count). The molecule has 5 nitrogen and oxygen atoms in total. The Morgan fingerprint density at radius 3 is 2.65 bits per heavy atom. The number of morpholine rings is 1. The van der Waals surface area contributed by atoms with Gasteiger partial charge in [0.2, 0.25) is 0 Å². The van der Waals surface area contributed by atoms with Gasteiger partial charge < -0.3 is 9.47 Å². The molecule has 0 N–H and O–H groups in total. The maximum atomic E-state index is 8.80. The Hall–Kier alpha value is -1.94. The van der Waals surface area contributed by atoms with Crippen molar-refractivity contribution in [2.24, 2.45) is 0 Å². The van der Waals surface area contributed by atoms with E-state index in [0.29, 0.717) is 16.5 Å². The van der Waals surface area contributed by atoms with Crippen LogP contribution in [0.3, 0.4) is 0 Å². The summed E-state index contributed by atoms with van der Waals surface area (Å²) in [5.74, 6) is 0.693. The zero-order chi connectivity index (χ0) is 16.2. The fourth-order valence-electron chi connectivity index (χ4n) is 2.74. The molecule has 2 aromatic rings. The molecule has 1 aliphatic rings. The first-order valence-corrected chi connectivity index (χ1v) is 8.44. The van der Waals surface area contributed by atoms with E-state index in [4.69, 9.17) is 14.7 Å². The van der Waals surface area contributed by atoms with Gasteiger partial charge in [-0.1, -0.05) is 11.3 Å². The molecule has 0 saturated carbocycles. The number of hydrogen-bond donors (Lipinski definition) is 0. The lowest BCUT2D eigenvalue weighted by atomic mass is 10.2. The molecule has 2 atom stereocenters. The highest BCUT2D eigenvalue weighted by Crippen LogP contribution is 2.28. The third kappa shape index (κ3) is 4.29. The summed E-state index contributed by atoms with van der Waals surface area (Å²) in [4.78, 5) is 7.89. The van der Waals surface area contributed by atoms with Crippen molar-refractivity contribution in [1.82, 2.24) is 9.88 Å². The van der Waals surface area contributed by atoms with Crippen LogP contribution in [0.1, 0.15) is 24.3 Å². The Morgan fingerprint density at radius 1 is 1.30 bits per heavy atom. The molecule has 23 heavy (non-hydrogen) atoms. The first-order chi connectivity index (χ1) is 11.1. The summed E-state index contributed by atoms with van der Waals surface area (Å²) in [5.41, 5.74) is 0.618. The third-order valence-electron chi connectivity index (χ3n) is 3.60. The maximum absolute atomic E-state index is 8.80. The summed E-state index contributed by atoms with van der Waals surface area (Å²) >= 11 is 1.55. The average Bonchev–Trinajstić information content (AvgIpc) is 2.94. The van der Waals surface area contributed by atoms with Crippen LogP contribution >= 0.6 is 11.3 Å². The molecule has 1 fully saturated rings. The highest BCUT2D eigenvalue weighted by Gasteiger charge is 2.22. The number of thiazole rings is 1. The molecule has 1 saturated heterocycles. The van der Waals surface area contributed by atoms with E-state index in [1.165, 1.54) is 4.88 Å². The number of aromatic nitrogens is 1. The van der Waals surface area contributed by atoms with Gasteiger partial charge in [0.15, 0.2) is 0 Å². The average molecular weight is 329 g/mol. The highest BCUT2D eigenvalue weighted by atomic mass is 32.1. The second-order valence-electron chi connectivity index (χ2n) is 5.78. The molecule has 0 aliphatic carbocycles. The van der Waals surface area contributed by atoms with Gasteiger partial charge in [0.05, 0.1) is 23.8 Å². The summed E-state index contributed by atoms with van der Waals surface area (Å²) in [6, 6.07) is 9.13. The largest absolute Gasteiger partial charge is 0.431 e. The van der Waals surface area contributed by atoms with Gasteiger partial charge in [-0.15, -0.1) is 0 Å². The molecule has 120 valence electrons. The van der Waals surface area contributed by atoms with E-state index in [-0.39, 0.29) is 12.2 Å². The summed E-state index contributed by atoms with van der Waals surface area (Å²) in [7, 11) is 0. The summed E-state index contributed by atoms with van der Waals surface area (Å²) in [6.07, 6.45) is 2.40. The van der Waals surface area contributed by atoms with Crippen molar-refractivity contribution in [3.05, 3.63) is 40.9 Å². The van der Waals surface area contributed by atoms with Gasteiger partial charge in [-0.3, -0.25) is 4.90 Å². The van der Waals surface area contributed by atoms with Crippen molar-refractivity contribution in [2.45, 2.75) is 32.6 Å². The molecule has 0 spiro atoms. The molecule has 1 aromatic heterocycles. The van der Waals surface area contributed by atoms with Gasteiger partial charge >= 0.3 is 0 Å². The van der Waals surface area contributed by atoms with Crippen molar-refractivity contribution in [3.8, 4) is 17.0 Å². The van der Waals surface area contributed by atoms with Crippen molar-refractivity contribution < 1.29 is 9.47 Å². The SMILES string of the molecule is CC1CN(Cc2cnc(Oc3ccc(C#N)cc3)s2)CC(C)O1. The van der Waals surface area contributed by atoms with E-state index >= 15 is 0 Å². The molecule has 0 radical (unpaired) electrons. The van der Waals surface area contributed by atoms with Crippen LogP contribution in [0.15, 0.2) is 30.5 Å². The Labute approximate surface area is 140 Å². The van der Waals surface area contributed by atoms with Gasteiger partial charge in [0.1, 0.15) is 5.75 Å². The van der Waals surface area contributed by atoms with E-state index in [2.05, 4.69) is 29.8 Å². The van der Waals surface area contributed by atoms with Gasteiger partial charge in [-0.2, -0.15) is 5.26 Å². The van der Waals surface area contributed by atoms with Crippen molar-refractivity contribution >= 4 is 11.3 Å². The smallest absolute Gasteiger partial charge is 0.278 e. The third-order valence-corrected chi connectivity index (χ3v) is 4.46. The molecule has 6 heteroatoms. The molecule has 0 bridgehead atoms. The van der Waals surface area contributed by atoms with Crippen LogP contribution in [0.25, 0.3) is 0 Å². The molecule has 0 amide bonds. The Bertz CT molecular complexity index is 683. The lowest BCUT2D eigenvalue weighted by Crippen LogP contribution is -2.44. The molecular formula is C17H19N3O2S. The monoisotopic (exact) mass is 329 g/mol. The maximum Gasteiger partial charge on any atom is 0.278 e. The lowest BCUT2D eigenvalue weighted by molar-refractivity contribution is -0.0702. The number of ether oxygens (including phenoxy) is 2. The zero-order valence-electron chi connectivity index (χ0n) is 13.2. The van der Waals surface area contributed by atoms with Crippen molar-refractivity contribution in [3.63, 3.8) is 0 Å². The number of rotatable bonds is 4. The fourth-order valence-corrected chi connectivity index (χ4v) is 3.56. The van der Waals surface area contributed by atoms with Gasteiger partial charge in [0.25, 0.3) is 5.19 Å². The van der Waals surface area contributed by atoms with E-state index in [1.54, 1.807) is 35.6 Å². The minimum absolute atomic E-state index is 0.265. The first-order valence-electron chi connectivity index (χ1n) is 7.63.